The fourth-order valence-corrected chi connectivity index (χ4v) is 2.98. The Labute approximate surface area is 122 Å². The second-order valence-electron chi connectivity index (χ2n) is 5.95. The number of hydroxylamine groups is 2. The van der Waals surface area contributed by atoms with Crippen molar-refractivity contribution in [2.75, 3.05) is 0 Å². The summed E-state index contributed by atoms with van der Waals surface area (Å²) in [7, 11) is 0. The van der Waals surface area contributed by atoms with Crippen molar-refractivity contribution in [2.24, 2.45) is 5.41 Å². The van der Waals surface area contributed by atoms with Gasteiger partial charge in [-0.1, -0.05) is 36.5 Å². The van der Waals surface area contributed by atoms with Crippen LogP contribution in [-0.2, 0) is 9.63 Å². The number of hydrogen-bond acceptors (Lipinski definition) is 4. The van der Waals surface area contributed by atoms with Crippen molar-refractivity contribution >= 4 is 17.8 Å². The van der Waals surface area contributed by atoms with Crippen LogP contribution in [0.5, 0.6) is 0 Å². The van der Waals surface area contributed by atoms with E-state index in [9.17, 15) is 14.4 Å². The molecule has 1 aliphatic carbocycles. The van der Waals surface area contributed by atoms with E-state index in [0.29, 0.717) is 5.06 Å². The van der Waals surface area contributed by atoms with E-state index in [1.54, 1.807) is 24.3 Å². The molecule has 110 valence electrons. The number of amides is 2. The van der Waals surface area contributed by atoms with Gasteiger partial charge in [0.15, 0.2) is 0 Å². The van der Waals surface area contributed by atoms with E-state index in [4.69, 9.17) is 4.84 Å². The van der Waals surface area contributed by atoms with Crippen LogP contribution < -0.4 is 0 Å². The summed E-state index contributed by atoms with van der Waals surface area (Å²) in [4.78, 5) is 41.8. The van der Waals surface area contributed by atoms with Gasteiger partial charge in [-0.3, -0.25) is 9.59 Å². The Morgan fingerprint density at radius 3 is 2.10 bits per heavy atom. The zero-order chi connectivity index (χ0) is 15.0. The van der Waals surface area contributed by atoms with Gasteiger partial charge in [-0.15, -0.1) is 0 Å². The fraction of sp³-hybridized carbons (Fsp3) is 0.438. The molecule has 2 aliphatic rings. The number of imide groups is 1. The summed E-state index contributed by atoms with van der Waals surface area (Å²) in [6.07, 6.45) is 4.50. The van der Waals surface area contributed by atoms with Gasteiger partial charge in [0.05, 0.1) is 16.5 Å². The van der Waals surface area contributed by atoms with E-state index in [2.05, 4.69) is 0 Å². The molecule has 0 spiro atoms. The first-order valence-corrected chi connectivity index (χ1v) is 7.23. The van der Waals surface area contributed by atoms with Gasteiger partial charge in [0, 0.05) is 0 Å². The second-order valence-corrected chi connectivity index (χ2v) is 5.95. The first-order valence-electron chi connectivity index (χ1n) is 7.23. The van der Waals surface area contributed by atoms with Crippen LogP contribution in [0.15, 0.2) is 24.3 Å². The molecule has 0 saturated heterocycles. The van der Waals surface area contributed by atoms with Gasteiger partial charge in [-0.2, -0.15) is 0 Å². The zero-order valence-electron chi connectivity index (χ0n) is 11.9. The second kappa shape index (κ2) is 4.98. The third kappa shape index (κ3) is 2.22. The van der Waals surface area contributed by atoms with Gasteiger partial charge >= 0.3 is 5.97 Å². The highest BCUT2D eigenvalue weighted by Gasteiger charge is 2.43. The summed E-state index contributed by atoms with van der Waals surface area (Å²) >= 11 is 0. The van der Waals surface area contributed by atoms with Crippen LogP contribution in [0.2, 0.25) is 0 Å². The lowest BCUT2D eigenvalue weighted by Crippen LogP contribution is -2.40. The topological polar surface area (TPSA) is 63.7 Å². The molecule has 5 nitrogen and oxygen atoms in total. The van der Waals surface area contributed by atoms with Crippen molar-refractivity contribution in [1.82, 2.24) is 5.06 Å². The minimum atomic E-state index is -0.604. The summed E-state index contributed by atoms with van der Waals surface area (Å²) in [5.41, 5.74) is -0.0404. The molecule has 1 fully saturated rings. The van der Waals surface area contributed by atoms with Crippen LogP contribution >= 0.6 is 0 Å². The molecular formula is C16H17NO4. The summed E-state index contributed by atoms with van der Waals surface area (Å²) in [5.74, 6) is -1.62. The monoisotopic (exact) mass is 287 g/mol. The van der Waals surface area contributed by atoms with Crippen LogP contribution in [0.3, 0.4) is 0 Å². The van der Waals surface area contributed by atoms with E-state index in [-0.39, 0.29) is 11.1 Å². The molecule has 1 saturated carbocycles. The van der Waals surface area contributed by atoms with Crippen molar-refractivity contribution < 1.29 is 19.2 Å². The molecule has 0 aromatic heterocycles. The van der Waals surface area contributed by atoms with Crippen LogP contribution in [-0.4, -0.2) is 22.8 Å². The van der Waals surface area contributed by atoms with Gasteiger partial charge in [0.1, 0.15) is 0 Å². The first kappa shape index (κ1) is 13.8. The van der Waals surface area contributed by atoms with E-state index in [1.807, 2.05) is 6.92 Å². The molecule has 1 aromatic rings. The Hall–Kier alpha value is -2.17. The Morgan fingerprint density at radius 2 is 1.57 bits per heavy atom. The molecule has 0 radical (unpaired) electrons. The third-order valence-corrected chi connectivity index (χ3v) is 4.38. The number of carbonyl (C=O) groups excluding carboxylic acids is 3. The van der Waals surface area contributed by atoms with Crippen molar-refractivity contribution in [3.63, 3.8) is 0 Å². The van der Waals surface area contributed by atoms with Gasteiger partial charge in [0.25, 0.3) is 11.8 Å². The number of nitrogens with zero attached hydrogens (tertiary/aromatic N) is 1. The molecule has 3 rings (SSSR count). The predicted molar refractivity (Wildman–Crippen MR) is 74.2 cm³/mol. The summed E-state index contributed by atoms with van der Waals surface area (Å²) in [6.45, 7) is 1.84. The molecule has 1 heterocycles. The maximum atomic E-state index is 12.3. The Balaban J connectivity index is 1.79. The molecule has 0 unspecified atom stereocenters. The predicted octanol–water partition coefficient (Wildman–Crippen LogP) is 2.71. The van der Waals surface area contributed by atoms with Crippen LogP contribution in [0.1, 0.15) is 59.7 Å². The van der Waals surface area contributed by atoms with Gasteiger partial charge in [-0.05, 0) is 31.9 Å². The van der Waals surface area contributed by atoms with Crippen molar-refractivity contribution in [1.29, 1.82) is 0 Å². The molecule has 0 atom stereocenters. The smallest absolute Gasteiger partial charge is 0.329 e. The third-order valence-electron chi connectivity index (χ3n) is 4.38. The van der Waals surface area contributed by atoms with Crippen LogP contribution in [0.4, 0.5) is 0 Å². The number of fused-ring (bicyclic) bond motifs is 1. The normalized spacial score (nSPS) is 20.3. The molecular weight excluding hydrogens is 270 g/mol. The van der Waals surface area contributed by atoms with E-state index < -0.39 is 23.2 Å². The lowest BCUT2D eigenvalue weighted by Gasteiger charge is -2.31. The van der Waals surface area contributed by atoms with E-state index in [1.165, 1.54) is 0 Å². The number of rotatable bonds is 2. The first-order chi connectivity index (χ1) is 10.0. The average molecular weight is 287 g/mol. The van der Waals surface area contributed by atoms with E-state index in [0.717, 1.165) is 32.1 Å². The Morgan fingerprint density at radius 1 is 1.05 bits per heavy atom. The number of hydrogen-bond donors (Lipinski definition) is 0. The molecule has 21 heavy (non-hydrogen) atoms. The molecule has 1 aliphatic heterocycles. The maximum Gasteiger partial charge on any atom is 0.339 e. The highest BCUT2D eigenvalue weighted by Crippen LogP contribution is 2.37. The zero-order valence-corrected chi connectivity index (χ0v) is 11.9. The van der Waals surface area contributed by atoms with Crippen LogP contribution in [0.25, 0.3) is 0 Å². The number of benzene rings is 1. The van der Waals surface area contributed by atoms with Crippen molar-refractivity contribution in [2.45, 2.75) is 39.0 Å². The summed E-state index contributed by atoms with van der Waals surface area (Å²) in [5, 5.41) is 0.604. The fourth-order valence-electron chi connectivity index (χ4n) is 2.98. The minimum Gasteiger partial charge on any atom is -0.329 e. The van der Waals surface area contributed by atoms with E-state index >= 15 is 0 Å². The van der Waals surface area contributed by atoms with Crippen molar-refractivity contribution in [3.05, 3.63) is 35.4 Å². The lowest BCUT2D eigenvalue weighted by molar-refractivity contribution is -0.182. The highest BCUT2D eigenvalue weighted by atomic mass is 16.7. The SMILES string of the molecule is CC1(C(=O)ON2C(=O)c3ccccc3C2=O)CCCCC1. The van der Waals surface area contributed by atoms with Gasteiger partial charge in [-0.25, -0.2) is 4.79 Å². The maximum absolute atomic E-state index is 12.3. The van der Waals surface area contributed by atoms with Gasteiger partial charge in [0.2, 0.25) is 0 Å². The summed E-state index contributed by atoms with van der Waals surface area (Å²) in [6, 6.07) is 6.48. The molecule has 0 bridgehead atoms. The molecule has 0 N–H and O–H groups in total. The van der Waals surface area contributed by atoms with Crippen LogP contribution in [0, 0.1) is 5.41 Å². The minimum absolute atomic E-state index is 0.282. The average Bonchev–Trinajstić information content (AvgIpc) is 2.74. The standard InChI is InChI=1S/C16H17NO4/c1-16(9-5-2-6-10-16)15(20)21-17-13(18)11-7-3-4-8-12(11)14(17)19/h3-4,7-8H,2,5-6,9-10H2,1H3. The quantitative estimate of drug-likeness (QED) is 0.784. The lowest BCUT2D eigenvalue weighted by atomic mass is 9.76. The molecule has 2 amide bonds. The number of carbonyl (C=O) groups is 3. The molecule has 5 heteroatoms. The Kier molecular flexibility index (Phi) is 3.27. The van der Waals surface area contributed by atoms with Gasteiger partial charge < -0.3 is 4.84 Å². The highest BCUT2D eigenvalue weighted by molar-refractivity contribution is 6.20. The summed E-state index contributed by atoms with van der Waals surface area (Å²) < 4.78 is 0. The molecule has 1 aromatic carbocycles. The van der Waals surface area contributed by atoms with Crippen molar-refractivity contribution in [3.8, 4) is 0 Å². The largest absolute Gasteiger partial charge is 0.339 e. The Bertz CT molecular complexity index is 581.